The van der Waals surface area contributed by atoms with Crippen LogP contribution in [0.1, 0.15) is 92.7 Å². The molecule has 7 rings (SSSR count). The van der Waals surface area contributed by atoms with Crippen LogP contribution in [0.2, 0.25) is 0 Å². The Balaban J connectivity index is 0.760. The van der Waals surface area contributed by atoms with Crippen LogP contribution in [0.25, 0.3) is 11.0 Å². The molecule has 0 radical (unpaired) electrons. The zero-order chi connectivity index (χ0) is 48.5. The number of anilines is 1. The van der Waals surface area contributed by atoms with Gasteiger partial charge in [-0.1, -0.05) is 55.5 Å². The SMILES string of the molecule is C[C@H]1CCc2cccc3c2N(C1=O)[C@H](C(=O)N[C@@H](CCC(N)=O)[C@@H](C)OCc1ccc(CCCNC(=O)COCCOCCCc2ccc4c(c2)n(C)c(=O)n4C2CCC(=O)N(C)C2=O)cc1)C3. The maximum atomic E-state index is 13.9. The molecule has 0 aliphatic carbocycles. The van der Waals surface area contributed by atoms with E-state index in [2.05, 4.69) is 10.6 Å². The van der Waals surface area contributed by atoms with Gasteiger partial charge < -0.3 is 30.6 Å². The van der Waals surface area contributed by atoms with Crippen molar-refractivity contribution in [2.45, 2.75) is 115 Å². The Morgan fingerprint density at radius 1 is 0.824 bits per heavy atom. The number of benzene rings is 3. The molecular weight excluding hydrogens is 871 g/mol. The molecule has 1 aromatic heterocycles. The number of likely N-dealkylation sites (tertiary alicyclic amines) is 1. The summed E-state index contributed by atoms with van der Waals surface area (Å²) in [6.45, 7) is 5.63. The molecule has 3 aliphatic rings. The number of ether oxygens (including phenoxy) is 3. The summed E-state index contributed by atoms with van der Waals surface area (Å²) < 4.78 is 20.5. The van der Waals surface area contributed by atoms with E-state index >= 15 is 0 Å². The normalized spacial score (nSPS) is 18.9. The minimum absolute atomic E-state index is 0.0441. The number of amides is 6. The first-order valence-corrected chi connectivity index (χ1v) is 23.9. The monoisotopic (exact) mass is 935 g/mol. The number of carbonyl (C=O) groups is 6. The summed E-state index contributed by atoms with van der Waals surface area (Å²) in [4.78, 5) is 92.3. The first-order valence-electron chi connectivity index (χ1n) is 23.9. The van der Waals surface area contributed by atoms with Crippen molar-refractivity contribution in [3.63, 3.8) is 0 Å². The molecule has 0 spiro atoms. The van der Waals surface area contributed by atoms with Crippen molar-refractivity contribution in [2.24, 2.45) is 18.7 Å². The molecule has 1 saturated heterocycles. The third-order valence-electron chi connectivity index (χ3n) is 13.5. The predicted molar refractivity (Wildman–Crippen MR) is 254 cm³/mol. The highest BCUT2D eigenvalue weighted by Crippen LogP contribution is 2.40. The summed E-state index contributed by atoms with van der Waals surface area (Å²) >= 11 is 0. The van der Waals surface area contributed by atoms with Crippen LogP contribution in [0.3, 0.4) is 0 Å². The second-order valence-electron chi connectivity index (χ2n) is 18.3. The minimum atomic E-state index is -0.707. The molecular formula is C51H65N7O10. The van der Waals surface area contributed by atoms with Gasteiger partial charge in [0.2, 0.25) is 29.5 Å². The smallest absolute Gasteiger partial charge is 0.329 e. The van der Waals surface area contributed by atoms with Gasteiger partial charge in [0.15, 0.2) is 0 Å². The lowest BCUT2D eigenvalue weighted by Crippen LogP contribution is -2.54. The highest BCUT2D eigenvalue weighted by molar-refractivity contribution is 6.05. The Morgan fingerprint density at radius 2 is 1.54 bits per heavy atom. The van der Waals surface area contributed by atoms with E-state index < -0.39 is 30.1 Å². The third kappa shape index (κ3) is 11.7. The largest absolute Gasteiger partial charge is 0.379 e. The van der Waals surface area contributed by atoms with Crippen LogP contribution in [-0.4, -0.2) is 108 Å². The number of aromatic nitrogens is 2. The molecule has 17 heteroatoms. The van der Waals surface area contributed by atoms with Gasteiger partial charge in [-0.15, -0.1) is 0 Å². The molecule has 1 unspecified atom stereocenters. The number of rotatable bonds is 23. The molecule has 364 valence electrons. The van der Waals surface area contributed by atoms with Crippen LogP contribution in [0.15, 0.2) is 65.5 Å². The van der Waals surface area contributed by atoms with Gasteiger partial charge in [-0.2, -0.15) is 0 Å². The Morgan fingerprint density at radius 3 is 2.32 bits per heavy atom. The highest BCUT2D eigenvalue weighted by atomic mass is 16.5. The lowest BCUT2D eigenvalue weighted by Gasteiger charge is -2.30. The molecule has 17 nitrogen and oxygen atoms in total. The number of nitrogens with one attached hydrogen (secondary N) is 2. The van der Waals surface area contributed by atoms with Gasteiger partial charge in [0, 0.05) is 52.4 Å². The molecule has 3 aliphatic heterocycles. The standard InChI is InChI=1S/C51H65N7O10/c1-32-12-18-37-10-5-11-38-29-43(58(47(37)38)49(32)63)48(62)54-39(19-22-44(52)59)33(2)68-30-36-15-13-34(14-16-36)8-6-24-53-45(60)31-67-27-26-66-25-7-9-35-17-20-40-42(28-35)55(3)51(65)57(40)41-21-23-46(61)56(4)50(41)64/h5,10-11,13-17,20,28,32-33,39,41,43H,6-9,12,18-19,21-27,29-31H2,1-4H3,(H2,52,59)(H,53,60)(H,54,62)/t32-,33+,39-,41?,43-/m0/s1. The fraction of sp³-hybridized carbons (Fsp3) is 0.510. The minimum Gasteiger partial charge on any atom is -0.379 e. The van der Waals surface area contributed by atoms with Crippen LogP contribution < -0.4 is 27.0 Å². The topological polar surface area (TPSA) is 214 Å². The fourth-order valence-corrected chi connectivity index (χ4v) is 9.47. The number of nitrogens with two attached hydrogens (primary N) is 1. The van der Waals surface area contributed by atoms with E-state index in [1.54, 1.807) is 11.9 Å². The summed E-state index contributed by atoms with van der Waals surface area (Å²) in [5.74, 6) is -1.79. The molecule has 0 saturated carbocycles. The molecule has 0 bridgehead atoms. The maximum absolute atomic E-state index is 13.9. The van der Waals surface area contributed by atoms with Crippen molar-refractivity contribution < 1.29 is 43.0 Å². The van der Waals surface area contributed by atoms with Crippen LogP contribution in [0, 0.1) is 5.92 Å². The summed E-state index contributed by atoms with van der Waals surface area (Å²) in [6.07, 6.45) is 5.37. The van der Waals surface area contributed by atoms with Crippen LogP contribution in [0.5, 0.6) is 0 Å². The number of aryl methyl sites for hydroxylation is 4. The highest BCUT2D eigenvalue weighted by Gasteiger charge is 2.43. The number of imidazole rings is 1. The molecule has 4 aromatic rings. The molecule has 4 heterocycles. The van der Waals surface area contributed by atoms with E-state index in [1.165, 1.54) is 16.2 Å². The van der Waals surface area contributed by atoms with Gasteiger partial charge in [-0.25, -0.2) is 4.79 Å². The second-order valence-corrected chi connectivity index (χ2v) is 18.3. The molecule has 5 atom stereocenters. The van der Waals surface area contributed by atoms with Crippen molar-refractivity contribution in [2.75, 3.05) is 44.9 Å². The zero-order valence-corrected chi connectivity index (χ0v) is 39.6. The van der Waals surface area contributed by atoms with Gasteiger partial charge >= 0.3 is 5.69 Å². The average molecular weight is 936 g/mol. The van der Waals surface area contributed by atoms with E-state index in [1.807, 2.05) is 74.5 Å². The molecule has 6 amide bonds. The quantitative estimate of drug-likeness (QED) is 0.0727. The summed E-state index contributed by atoms with van der Waals surface area (Å²) in [7, 11) is 3.14. The first kappa shape index (κ1) is 49.7. The summed E-state index contributed by atoms with van der Waals surface area (Å²) in [6, 6.07) is 17.9. The van der Waals surface area contributed by atoms with E-state index in [0.717, 1.165) is 82.4 Å². The molecule has 1 fully saturated rings. The first-order chi connectivity index (χ1) is 32.7. The predicted octanol–water partition coefficient (Wildman–Crippen LogP) is 3.57. The van der Waals surface area contributed by atoms with Crippen molar-refractivity contribution in [3.8, 4) is 0 Å². The Hall–Kier alpha value is -6.17. The van der Waals surface area contributed by atoms with Gasteiger partial charge in [-0.3, -0.25) is 47.7 Å². The van der Waals surface area contributed by atoms with Gasteiger partial charge in [0.05, 0.1) is 48.7 Å². The third-order valence-corrected chi connectivity index (χ3v) is 13.5. The number of para-hydroxylation sites is 1. The average Bonchev–Trinajstić information content (AvgIpc) is 3.80. The van der Waals surface area contributed by atoms with Crippen LogP contribution >= 0.6 is 0 Å². The van der Waals surface area contributed by atoms with Gasteiger partial charge in [0.25, 0.3) is 5.91 Å². The van der Waals surface area contributed by atoms with Crippen molar-refractivity contribution in [3.05, 3.63) is 99.0 Å². The number of carbonyl (C=O) groups excluding carboxylic acids is 6. The van der Waals surface area contributed by atoms with E-state index in [9.17, 15) is 33.6 Å². The van der Waals surface area contributed by atoms with Crippen molar-refractivity contribution in [1.82, 2.24) is 24.7 Å². The van der Waals surface area contributed by atoms with E-state index in [-0.39, 0.29) is 67.2 Å². The van der Waals surface area contributed by atoms with E-state index in [4.69, 9.17) is 19.9 Å². The number of hydrogen-bond acceptors (Lipinski definition) is 10. The number of likely N-dealkylation sites (N-methyl/N-ethyl adjacent to an activating group) is 1. The fourth-order valence-electron chi connectivity index (χ4n) is 9.47. The number of imide groups is 1. The lowest BCUT2D eigenvalue weighted by molar-refractivity contribution is -0.149. The Labute approximate surface area is 396 Å². The zero-order valence-electron chi connectivity index (χ0n) is 39.6. The van der Waals surface area contributed by atoms with Crippen LogP contribution in [-0.2, 0) is 82.3 Å². The number of hydrogen-bond donors (Lipinski definition) is 3. The molecule has 4 N–H and O–H groups in total. The number of fused-ring (bicyclic) bond motifs is 1. The number of nitrogens with zero attached hydrogens (tertiary/aromatic N) is 4. The number of piperidine rings is 1. The van der Waals surface area contributed by atoms with Crippen molar-refractivity contribution in [1.29, 1.82) is 0 Å². The lowest BCUT2D eigenvalue weighted by atomic mass is 9.99. The van der Waals surface area contributed by atoms with Crippen LogP contribution in [0.4, 0.5) is 5.69 Å². The molecule has 68 heavy (non-hydrogen) atoms. The van der Waals surface area contributed by atoms with E-state index in [0.29, 0.717) is 51.1 Å². The van der Waals surface area contributed by atoms with Gasteiger partial charge in [0.1, 0.15) is 18.7 Å². The Bertz CT molecular complexity index is 2550. The van der Waals surface area contributed by atoms with Gasteiger partial charge in [-0.05, 0) is 98.2 Å². The molecule has 3 aromatic carbocycles. The van der Waals surface area contributed by atoms with Crippen molar-refractivity contribution >= 4 is 52.2 Å². The number of primary amides is 1. The second kappa shape index (κ2) is 22.8. The summed E-state index contributed by atoms with van der Waals surface area (Å²) in [5.41, 5.74) is 12.6. The summed E-state index contributed by atoms with van der Waals surface area (Å²) in [5, 5.41) is 6.01. The maximum Gasteiger partial charge on any atom is 0.329 e. The Kier molecular flexibility index (Phi) is 16.6.